The van der Waals surface area contributed by atoms with Crippen LogP contribution in [0.1, 0.15) is 31.9 Å². The number of hydrogen-bond donors (Lipinski definition) is 0. The van der Waals surface area contributed by atoms with E-state index in [2.05, 4.69) is 4.99 Å². The molecule has 0 spiro atoms. The van der Waals surface area contributed by atoms with Crippen molar-refractivity contribution in [1.82, 2.24) is 0 Å². The van der Waals surface area contributed by atoms with Crippen LogP contribution in [0.5, 0.6) is 0 Å². The number of carbonyl (C=O) groups excluding carboxylic acids is 1. The van der Waals surface area contributed by atoms with Crippen LogP contribution in [0.2, 0.25) is 5.02 Å². The van der Waals surface area contributed by atoms with Crippen molar-refractivity contribution in [1.29, 1.82) is 5.26 Å². The van der Waals surface area contributed by atoms with Gasteiger partial charge in [0.1, 0.15) is 0 Å². The fourth-order valence-electron chi connectivity index (χ4n) is 1.84. The van der Waals surface area contributed by atoms with Gasteiger partial charge < -0.3 is 0 Å². The molecular weight excluding hydrogens is 292 g/mol. The molecule has 20 heavy (non-hydrogen) atoms. The van der Waals surface area contributed by atoms with Gasteiger partial charge in [0.05, 0.1) is 12.1 Å². The molecule has 0 N–H and O–H groups in total. The summed E-state index contributed by atoms with van der Waals surface area (Å²) in [5.74, 6) is -0.772. The molecule has 0 heterocycles. The topological polar surface area (TPSA) is 53.2 Å². The normalized spacial score (nSPS) is 14.4. The third-order valence-electron chi connectivity index (χ3n) is 2.98. The van der Waals surface area contributed by atoms with Crippen LogP contribution in [-0.4, -0.2) is 17.1 Å². The molecule has 0 saturated carbocycles. The second kappa shape index (κ2) is 8.08. The lowest BCUT2D eigenvalue weighted by Crippen LogP contribution is -2.18. The Hall–Kier alpha value is -1.31. The quantitative estimate of drug-likeness (QED) is 0.763. The zero-order valence-electron chi connectivity index (χ0n) is 11.8. The van der Waals surface area contributed by atoms with Gasteiger partial charge >= 0.3 is 0 Å². The van der Waals surface area contributed by atoms with E-state index in [4.69, 9.17) is 16.9 Å². The third-order valence-corrected chi connectivity index (χ3v) is 3.87. The molecule has 0 saturated heterocycles. The SMILES string of the molecule is CCC(N=C(C)C(C#N)C(=O)SC)c1ccc(Cl)cc1. The molecule has 0 fully saturated rings. The van der Waals surface area contributed by atoms with Gasteiger partial charge in [-0.15, -0.1) is 0 Å². The van der Waals surface area contributed by atoms with Gasteiger partial charge in [-0.05, 0) is 37.3 Å². The Labute approximate surface area is 129 Å². The van der Waals surface area contributed by atoms with Crippen molar-refractivity contribution in [2.45, 2.75) is 26.3 Å². The van der Waals surface area contributed by atoms with Crippen molar-refractivity contribution in [3.63, 3.8) is 0 Å². The van der Waals surface area contributed by atoms with E-state index >= 15 is 0 Å². The molecule has 0 radical (unpaired) electrons. The molecule has 0 aliphatic heterocycles. The van der Waals surface area contributed by atoms with Gasteiger partial charge in [-0.1, -0.05) is 42.4 Å². The van der Waals surface area contributed by atoms with Crippen LogP contribution in [0.3, 0.4) is 0 Å². The maximum Gasteiger partial charge on any atom is 0.211 e. The summed E-state index contributed by atoms with van der Waals surface area (Å²) in [5, 5.41) is 9.62. The maximum atomic E-state index is 11.7. The minimum atomic E-state index is -0.772. The van der Waals surface area contributed by atoms with Gasteiger partial charge in [0.15, 0.2) is 5.92 Å². The molecule has 3 nitrogen and oxygen atoms in total. The lowest BCUT2D eigenvalue weighted by molar-refractivity contribution is -0.111. The molecule has 0 aliphatic rings. The molecule has 0 bridgehead atoms. The second-order valence-electron chi connectivity index (χ2n) is 4.33. The smallest absolute Gasteiger partial charge is 0.211 e. The minimum Gasteiger partial charge on any atom is -0.285 e. The number of halogens is 1. The van der Waals surface area contributed by atoms with Crippen molar-refractivity contribution >= 4 is 34.2 Å². The molecular formula is C15H17ClN2OS. The summed E-state index contributed by atoms with van der Waals surface area (Å²) >= 11 is 6.93. The van der Waals surface area contributed by atoms with Crippen LogP contribution in [0, 0.1) is 17.2 Å². The Kier molecular flexibility index (Phi) is 6.77. The number of hydrogen-bond acceptors (Lipinski definition) is 4. The molecule has 0 aromatic heterocycles. The van der Waals surface area contributed by atoms with E-state index in [0.29, 0.717) is 10.7 Å². The van der Waals surface area contributed by atoms with E-state index in [9.17, 15) is 4.79 Å². The molecule has 0 amide bonds. The van der Waals surface area contributed by atoms with Crippen molar-refractivity contribution in [3.8, 4) is 6.07 Å². The highest BCUT2D eigenvalue weighted by atomic mass is 35.5. The van der Waals surface area contributed by atoms with Gasteiger partial charge in [0.25, 0.3) is 0 Å². The molecule has 106 valence electrons. The van der Waals surface area contributed by atoms with Gasteiger partial charge in [-0.25, -0.2) is 0 Å². The molecule has 2 unspecified atom stereocenters. The first kappa shape index (κ1) is 16.7. The Morgan fingerprint density at radius 1 is 1.45 bits per heavy atom. The number of carbonyl (C=O) groups is 1. The summed E-state index contributed by atoms with van der Waals surface area (Å²) in [6.07, 6.45) is 2.47. The molecule has 5 heteroatoms. The fraction of sp³-hybridized carbons (Fsp3) is 0.400. The maximum absolute atomic E-state index is 11.7. The van der Waals surface area contributed by atoms with E-state index in [0.717, 1.165) is 23.7 Å². The first-order valence-electron chi connectivity index (χ1n) is 6.30. The van der Waals surface area contributed by atoms with Crippen molar-refractivity contribution in [3.05, 3.63) is 34.9 Å². The first-order valence-corrected chi connectivity index (χ1v) is 7.91. The standard InChI is InChI=1S/C15H17ClN2OS/c1-4-14(11-5-7-12(16)8-6-11)18-10(2)13(9-17)15(19)20-3/h5-8,13-14H,4H2,1-3H3. The van der Waals surface area contributed by atoms with Crippen LogP contribution in [0.15, 0.2) is 29.3 Å². The number of nitriles is 1. The summed E-state index contributed by atoms with van der Waals surface area (Å²) in [5.41, 5.74) is 1.60. The van der Waals surface area contributed by atoms with Crippen molar-refractivity contribution in [2.75, 3.05) is 6.26 Å². The van der Waals surface area contributed by atoms with E-state index in [1.807, 2.05) is 37.3 Å². The molecule has 1 rings (SSSR count). The second-order valence-corrected chi connectivity index (χ2v) is 5.58. The summed E-state index contributed by atoms with van der Waals surface area (Å²) in [7, 11) is 0. The first-order chi connectivity index (χ1) is 9.53. The van der Waals surface area contributed by atoms with Crippen molar-refractivity contribution < 1.29 is 4.79 Å². The monoisotopic (exact) mass is 308 g/mol. The van der Waals surface area contributed by atoms with E-state index < -0.39 is 5.92 Å². The fourth-order valence-corrected chi connectivity index (χ4v) is 2.43. The van der Waals surface area contributed by atoms with Crippen LogP contribution in [0.4, 0.5) is 0 Å². The Morgan fingerprint density at radius 2 is 2.05 bits per heavy atom. The van der Waals surface area contributed by atoms with E-state index in [1.54, 1.807) is 13.2 Å². The third kappa shape index (κ3) is 4.36. The number of aliphatic imine (C=N–C) groups is 1. The zero-order valence-corrected chi connectivity index (χ0v) is 13.3. The van der Waals surface area contributed by atoms with Crippen molar-refractivity contribution in [2.24, 2.45) is 10.9 Å². The summed E-state index contributed by atoms with van der Waals surface area (Å²) < 4.78 is 0. The Bertz CT molecular complexity index is 534. The van der Waals surface area contributed by atoms with Crippen LogP contribution < -0.4 is 0 Å². The average Bonchev–Trinajstić information content (AvgIpc) is 2.46. The van der Waals surface area contributed by atoms with Gasteiger partial charge in [0, 0.05) is 10.7 Å². The number of rotatable bonds is 5. The molecule has 0 aliphatic carbocycles. The predicted molar refractivity (Wildman–Crippen MR) is 85.2 cm³/mol. The predicted octanol–water partition coefficient (Wildman–Crippen LogP) is 4.28. The highest BCUT2D eigenvalue weighted by Crippen LogP contribution is 2.24. The van der Waals surface area contributed by atoms with Crippen LogP contribution in [0.25, 0.3) is 0 Å². The summed E-state index contributed by atoms with van der Waals surface area (Å²) in [6, 6.07) is 9.44. The largest absolute Gasteiger partial charge is 0.285 e. The van der Waals surface area contributed by atoms with Gasteiger partial charge in [0.2, 0.25) is 5.12 Å². The zero-order chi connectivity index (χ0) is 15.1. The molecule has 2 atom stereocenters. The highest BCUT2D eigenvalue weighted by molar-refractivity contribution is 8.13. The molecule has 1 aromatic carbocycles. The lowest BCUT2D eigenvalue weighted by atomic mass is 10.0. The Morgan fingerprint density at radius 3 is 2.50 bits per heavy atom. The minimum absolute atomic E-state index is 0.0576. The molecule has 1 aromatic rings. The average molecular weight is 309 g/mol. The van der Waals surface area contributed by atoms with Crippen LogP contribution in [-0.2, 0) is 4.79 Å². The Balaban J connectivity index is 3.01. The van der Waals surface area contributed by atoms with E-state index in [-0.39, 0.29) is 11.2 Å². The van der Waals surface area contributed by atoms with Crippen LogP contribution >= 0.6 is 23.4 Å². The van der Waals surface area contributed by atoms with E-state index in [1.165, 1.54) is 0 Å². The summed E-state index contributed by atoms with van der Waals surface area (Å²) in [6.45, 7) is 3.76. The number of thioether (sulfide) groups is 1. The summed E-state index contributed by atoms with van der Waals surface area (Å²) in [4.78, 5) is 16.2. The van der Waals surface area contributed by atoms with Gasteiger partial charge in [-0.3, -0.25) is 9.79 Å². The number of benzene rings is 1. The number of nitrogens with zero attached hydrogens (tertiary/aromatic N) is 2. The lowest BCUT2D eigenvalue weighted by Gasteiger charge is -2.14. The highest BCUT2D eigenvalue weighted by Gasteiger charge is 2.21. The van der Waals surface area contributed by atoms with Gasteiger partial charge in [-0.2, -0.15) is 5.26 Å².